The van der Waals surface area contributed by atoms with E-state index >= 15 is 0 Å². The van der Waals surface area contributed by atoms with Crippen molar-refractivity contribution in [1.82, 2.24) is 9.55 Å². The standard InChI is InChI=1S/C14H15BrN4O2/c1-9-11(16)3-2-4-12(9)18-13(20)5-6-19-8-17-7-10(15)14(19)21/h2-4,7-8H,5-6,16H2,1H3,(H,18,20). The molecule has 0 aliphatic carbocycles. The number of nitrogen functional groups attached to an aromatic ring is 1. The van der Waals surface area contributed by atoms with Crippen LogP contribution in [-0.2, 0) is 11.3 Å². The van der Waals surface area contributed by atoms with Gasteiger partial charge in [-0.2, -0.15) is 0 Å². The van der Waals surface area contributed by atoms with E-state index in [1.165, 1.54) is 17.1 Å². The molecular formula is C14H15BrN4O2. The molecule has 0 atom stereocenters. The molecule has 21 heavy (non-hydrogen) atoms. The van der Waals surface area contributed by atoms with Crippen molar-refractivity contribution in [3.63, 3.8) is 0 Å². The van der Waals surface area contributed by atoms with Crippen LogP contribution in [0.25, 0.3) is 0 Å². The number of aromatic nitrogens is 2. The van der Waals surface area contributed by atoms with E-state index in [1.54, 1.807) is 18.2 Å². The summed E-state index contributed by atoms with van der Waals surface area (Å²) in [6.45, 7) is 2.10. The molecule has 1 heterocycles. The van der Waals surface area contributed by atoms with E-state index < -0.39 is 0 Å². The highest BCUT2D eigenvalue weighted by Gasteiger charge is 2.08. The SMILES string of the molecule is Cc1c(N)cccc1NC(=O)CCn1cncc(Br)c1=O. The largest absolute Gasteiger partial charge is 0.398 e. The fraction of sp³-hybridized carbons (Fsp3) is 0.214. The van der Waals surface area contributed by atoms with Crippen LogP contribution >= 0.6 is 15.9 Å². The Hall–Kier alpha value is -2.15. The maximum atomic E-state index is 11.9. The van der Waals surface area contributed by atoms with Crippen molar-refractivity contribution in [3.8, 4) is 0 Å². The van der Waals surface area contributed by atoms with Gasteiger partial charge in [0.05, 0.1) is 6.33 Å². The van der Waals surface area contributed by atoms with Gasteiger partial charge in [-0.1, -0.05) is 6.07 Å². The number of halogens is 1. The molecule has 0 spiro atoms. The van der Waals surface area contributed by atoms with Gasteiger partial charge in [0, 0.05) is 30.5 Å². The summed E-state index contributed by atoms with van der Waals surface area (Å²) < 4.78 is 1.76. The Balaban J connectivity index is 2.01. The van der Waals surface area contributed by atoms with Crippen LogP contribution in [0.5, 0.6) is 0 Å². The molecule has 0 aliphatic rings. The third kappa shape index (κ3) is 3.69. The average Bonchev–Trinajstić information content (AvgIpc) is 2.45. The molecule has 0 saturated heterocycles. The van der Waals surface area contributed by atoms with Crippen LogP contribution in [0, 0.1) is 6.92 Å². The number of benzene rings is 1. The molecule has 0 bridgehead atoms. The zero-order valence-electron chi connectivity index (χ0n) is 11.5. The summed E-state index contributed by atoms with van der Waals surface area (Å²) in [6.07, 6.45) is 3.01. The van der Waals surface area contributed by atoms with Crippen molar-refractivity contribution in [2.45, 2.75) is 19.9 Å². The monoisotopic (exact) mass is 350 g/mol. The Labute approximate surface area is 130 Å². The van der Waals surface area contributed by atoms with E-state index in [-0.39, 0.29) is 24.4 Å². The third-order valence-corrected chi connectivity index (χ3v) is 3.63. The second kappa shape index (κ2) is 6.53. The Bertz CT molecular complexity index is 727. The van der Waals surface area contributed by atoms with Gasteiger partial charge in [0.2, 0.25) is 5.91 Å². The van der Waals surface area contributed by atoms with Gasteiger partial charge in [0.15, 0.2) is 0 Å². The van der Waals surface area contributed by atoms with Crippen molar-refractivity contribution in [3.05, 3.63) is 51.1 Å². The predicted octanol–water partition coefficient (Wildman–Crippen LogP) is 1.93. The van der Waals surface area contributed by atoms with Crippen LogP contribution in [0.4, 0.5) is 11.4 Å². The number of nitrogens with one attached hydrogen (secondary N) is 1. The molecule has 110 valence electrons. The first kappa shape index (κ1) is 15.2. The van der Waals surface area contributed by atoms with Crippen molar-refractivity contribution >= 4 is 33.2 Å². The first-order chi connectivity index (χ1) is 9.99. The van der Waals surface area contributed by atoms with Crippen molar-refractivity contribution in [2.24, 2.45) is 0 Å². The number of carbonyl (C=O) groups is 1. The summed E-state index contributed by atoms with van der Waals surface area (Å²) >= 11 is 3.11. The van der Waals surface area contributed by atoms with E-state index in [2.05, 4.69) is 26.2 Å². The second-order valence-electron chi connectivity index (χ2n) is 4.56. The third-order valence-electron chi connectivity index (χ3n) is 3.09. The Morgan fingerprint density at radius 1 is 1.48 bits per heavy atom. The number of carbonyl (C=O) groups excluding carboxylic acids is 1. The molecule has 1 aromatic heterocycles. The van der Waals surface area contributed by atoms with Gasteiger partial charge >= 0.3 is 0 Å². The zero-order chi connectivity index (χ0) is 15.4. The number of rotatable bonds is 4. The molecule has 7 heteroatoms. The van der Waals surface area contributed by atoms with Crippen LogP contribution in [0.2, 0.25) is 0 Å². The lowest BCUT2D eigenvalue weighted by Crippen LogP contribution is -2.24. The summed E-state index contributed by atoms with van der Waals surface area (Å²) in [5.41, 5.74) is 7.71. The number of aryl methyl sites for hydroxylation is 1. The van der Waals surface area contributed by atoms with Gasteiger partial charge in [-0.3, -0.25) is 14.2 Å². The first-order valence-corrected chi connectivity index (χ1v) is 7.13. The van der Waals surface area contributed by atoms with Crippen molar-refractivity contribution in [1.29, 1.82) is 0 Å². The number of hydrogen-bond donors (Lipinski definition) is 2. The molecule has 6 nitrogen and oxygen atoms in total. The van der Waals surface area contributed by atoms with Crippen molar-refractivity contribution < 1.29 is 4.79 Å². The summed E-state index contributed by atoms with van der Waals surface area (Å²) in [4.78, 5) is 27.6. The molecule has 0 radical (unpaired) electrons. The molecule has 0 fully saturated rings. The Morgan fingerprint density at radius 2 is 2.24 bits per heavy atom. The predicted molar refractivity (Wildman–Crippen MR) is 85.0 cm³/mol. The summed E-state index contributed by atoms with van der Waals surface area (Å²) in [7, 11) is 0. The smallest absolute Gasteiger partial charge is 0.267 e. The minimum atomic E-state index is -0.210. The highest BCUT2D eigenvalue weighted by atomic mass is 79.9. The second-order valence-corrected chi connectivity index (χ2v) is 5.41. The van der Waals surface area contributed by atoms with Crippen LogP contribution < -0.4 is 16.6 Å². The van der Waals surface area contributed by atoms with Gasteiger partial charge in [-0.15, -0.1) is 0 Å². The first-order valence-electron chi connectivity index (χ1n) is 6.34. The average molecular weight is 351 g/mol. The highest BCUT2D eigenvalue weighted by molar-refractivity contribution is 9.10. The number of amides is 1. The normalized spacial score (nSPS) is 10.4. The molecule has 0 unspecified atom stereocenters. The molecule has 2 rings (SSSR count). The maximum absolute atomic E-state index is 11.9. The fourth-order valence-corrected chi connectivity index (χ4v) is 2.15. The minimum absolute atomic E-state index is 0.173. The number of anilines is 2. The van der Waals surface area contributed by atoms with Gasteiger partial charge in [0.1, 0.15) is 4.47 Å². The van der Waals surface area contributed by atoms with Gasteiger partial charge in [-0.05, 0) is 40.5 Å². The summed E-state index contributed by atoms with van der Waals surface area (Å²) in [5, 5.41) is 2.79. The zero-order valence-corrected chi connectivity index (χ0v) is 13.1. The van der Waals surface area contributed by atoms with Crippen LogP contribution in [0.15, 0.2) is 40.0 Å². The van der Waals surface area contributed by atoms with Crippen LogP contribution in [0.3, 0.4) is 0 Å². The Kier molecular flexibility index (Phi) is 4.74. The summed E-state index contributed by atoms with van der Waals surface area (Å²) in [5.74, 6) is -0.185. The van der Waals surface area contributed by atoms with Gasteiger partial charge in [-0.25, -0.2) is 4.98 Å². The minimum Gasteiger partial charge on any atom is -0.398 e. The van der Waals surface area contributed by atoms with Crippen LogP contribution in [-0.4, -0.2) is 15.5 Å². The molecule has 0 aliphatic heterocycles. The van der Waals surface area contributed by atoms with Crippen molar-refractivity contribution in [2.75, 3.05) is 11.1 Å². The summed E-state index contributed by atoms with van der Waals surface area (Å²) in [6, 6.07) is 5.34. The molecule has 1 aromatic carbocycles. The topological polar surface area (TPSA) is 90.0 Å². The molecule has 2 aromatic rings. The molecule has 1 amide bonds. The lowest BCUT2D eigenvalue weighted by atomic mass is 10.1. The maximum Gasteiger partial charge on any atom is 0.267 e. The quantitative estimate of drug-likeness (QED) is 0.824. The van der Waals surface area contributed by atoms with Gasteiger partial charge < -0.3 is 11.1 Å². The van der Waals surface area contributed by atoms with E-state index in [9.17, 15) is 9.59 Å². The lowest BCUT2D eigenvalue weighted by Gasteiger charge is -2.10. The van der Waals surface area contributed by atoms with Crippen LogP contribution in [0.1, 0.15) is 12.0 Å². The van der Waals surface area contributed by atoms with E-state index in [0.717, 1.165) is 5.56 Å². The number of nitrogens with zero attached hydrogens (tertiary/aromatic N) is 2. The molecule has 0 saturated carbocycles. The fourth-order valence-electron chi connectivity index (χ4n) is 1.81. The van der Waals surface area contributed by atoms with Gasteiger partial charge in [0.25, 0.3) is 5.56 Å². The van der Waals surface area contributed by atoms with E-state index in [0.29, 0.717) is 15.8 Å². The number of nitrogens with two attached hydrogens (primary N) is 1. The molecular weight excluding hydrogens is 336 g/mol. The van der Waals surface area contributed by atoms with E-state index in [1.807, 2.05) is 6.92 Å². The Morgan fingerprint density at radius 3 is 3.00 bits per heavy atom. The number of hydrogen-bond acceptors (Lipinski definition) is 4. The highest BCUT2D eigenvalue weighted by Crippen LogP contribution is 2.20. The molecule has 3 N–H and O–H groups in total. The lowest BCUT2D eigenvalue weighted by molar-refractivity contribution is -0.116. The van der Waals surface area contributed by atoms with E-state index in [4.69, 9.17) is 5.73 Å².